The molecule has 1 aliphatic rings. The molecule has 1 aromatic carbocycles. The first-order valence-corrected chi connectivity index (χ1v) is 4.96. The van der Waals surface area contributed by atoms with E-state index in [9.17, 15) is 4.39 Å². The Labute approximate surface area is 108 Å². The highest BCUT2D eigenvalue weighted by Gasteiger charge is 2.18. The van der Waals surface area contributed by atoms with Gasteiger partial charge in [-0.2, -0.15) is 0 Å². The molecule has 2 N–H and O–H groups in total. The first kappa shape index (κ1) is 15.7. The van der Waals surface area contributed by atoms with Gasteiger partial charge in [-0.3, -0.25) is 4.90 Å². The molecule has 1 fully saturated rings. The lowest BCUT2D eigenvalue weighted by Gasteiger charge is -2.14. The van der Waals surface area contributed by atoms with Gasteiger partial charge in [0.05, 0.1) is 0 Å². The average molecular weight is 267 g/mol. The summed E-state index contributed by atoms with van der Waals surface area (Å²) in [7, 11) is 0. The molecule has 1 unspecified atom stereocenters. The highest BCUT2D eigenvalue weighted by Crippen LogP contribution is 2.12. The lowest BCUT2D eigenvalue weighted by Crippen LogP contribution is -2.26. The minimum Gasteiger partial charge on any atom is -0.326 e. The molecule has 2 nitrogen and oxygen atoms in total. The van der Waals surface area contributed by atoms with E-state index in [0.29, 0.717) is 6.04 Å². The second-order valence-corrected chi connectivity index (χ2v) is 3.91. The Morgan fingerprint density at radius 1 is 1.25 bits per heavy atom. The molecular formula is C11H17Cl2FN2. The molecule has 92 valence electrons. The molecule has 0 aromatic heterocycles. The van der Waals surface area contributed by atoms with Crippen molar-refractivity contribution in [1.82, 2.24) is 4.90 Å². The fourth-order valence-corrected chi connectivity index (χ4v) is 1.85. The highest BCUT2D eigenvalue weighted by molar-refractivity contribution is 5.85. The van der Waals surface area contributed by atoms with Crippen LogP contribution < -0.4 is 5.73 Å². The molecule has 0 spiro atoms. The summed E-state index contributed by atoms with van der Waals surface area (Å²) >= 11 is 0. The van der Waals surface area contributed by atoms with Crippen molar-refractivity contribution in [3.63, 3.8) is 0 Å². The molecule has 0 radical (unpaired) electrons. The summed E-state index contributed by atoms with van der Waals surface area (Å²) in [5.41, 5.74) is 6.95. The van der Waals surface area contributed by atoms with Gasteiger partial charge in [0.2, 0.25) is 0 Å². The number of halogens is 3. The first-order chi connectivity index (χ1) is 6.74. The summed E-state index contributed by atoms with van der Waals surface area (Å²) in [6.07, 6.45) is 1.07. The normalized spacial score (nSPS) is 20.0. The van der Waals surface area contributed by atoms with Crippen LogP contribution >= 0.6 is 24.8 Å². The van der Waals surface area contributed by atoms with E-state index in [0.717, 1.165) is 31.6 Å². The van der Waals surface area contributed by atoms with Crippen LogP contribution in [0.15, 0.2) is 24.3 Å². The summed E-state index contributed by atoms with van der Waals surface area (Å²) in [4.78, 5) is 2.30. The highest BCUT2D eigenvalue weighted by atomic mass is 35.5. The maximum Gasteiger partial charge on any atom is 0.123 e. The average Bonchev–Trinajstić information content (AvgIpc) is 2.56. The van der Waals surface area contributed by atoms with Crippen LogP contribution in [0, 0.1) is 5.82 Å². The van der Waals surface area contributed by atoms with Crippen LogP contribution in [-0.2, 0) is 6.54 Å². The Morgan fingerprint density at radius 2 is 1.88 bits per heavy atom. The van der Waals surface area contributed by atoms with Gasteiger partial charge in [0.15, 0.2) is 0 Å². The molecule has 1 heterocycles. The second kappa shape index (κ2) is 7.07. The summed E-state index contributed by atoms with van der Waals surface area (Å²) in [6.45, 7) is 2.89. The standard InChI is InChI=1S/C11H15FN2.2ClH/c12-10-3-1-9(2-4-10)7-14-6-5-11(13)8-14;;/h1-4,11H,5-8,13H2;2*1H. The number of hydrogen-bond acceptors (Lipinski definition) is 2. The largest absolute Gasteiger partial charge is 0.326 e. The van der Waals surface area contributed by atoms with Gasteiger partial charge in [0.1, 0.15) is 5.82 Å². The van der Waals surface area contributed by atoms with Crippen LogP contribution in [0.5, 0.6) is 0 Å². The predicted octanol–water partition coefficient (Wildman–Crippen LogP) is 2.20. The van der Waals surface area contributed by atoms with Gasteiger partial charge in [-0.1, -0.05) is 12.1 Å². The zero-order valence-electron chi connectivity index (χ0n) is 8.93. The molecule has 0 amide bonds. The van der Waals surface area contributed by atoms with Gasteiger partial charge in [-0.15, -0.1) is 24.8 Å². The van der Waals surface area contributed by atoms with Gasteiger partial charge >= 0.3 is 0 Å². The monoisotopic (exact) mass is 266 g/mol. The van der Waals surface area contributed by atoms with Crippen LogP contribution in [0.25, 0.3) is 0 Å². The summed E-state index contributed by atoms with van der Waals surface area (Å²) < 4.78 is 12.6. The van der Waals surface area contributed by atoms with Crippen molar-refractivity contribution in [1.29, 1.82) is 0 Å². The molecule has 1 aliphatic heterocycles. The van der Waals surface area contributed by atoms with Crippen LogP contribution in [0.1, 0.15) is 12.0 Å². The van der Waals surface area contributed by atoms with Crippen LogP contribution in [0.3, 0.4) is 0 Å². The number of nitrogens with two attached hydrogens (primary N) is 1. The van der Waals surface area contributed by atoms with Crippen molar-refractivity contribution < 1.29 is 4.39 Å². The smallest absolute Gasteiger partial charge is 0.123 e. The number of likely N-dealkylation sites (tertiary alicyclic amines) is 1. The van der Waals surface area contributed by atoms with E-state index in [1.807, 2.05) is 12.1 Å². The van der Waals surface area contributed by atoms with E-state index in [1.165, 1.54) is 12.1 Å². The van der Waals surface area contributed by atoms with Crippen molar-refractivity contribution in [3.8, 4) is 0 Å². The maximum absolute atomic E-state index is 12.6. The second-order valence-electron chi connectivity index (χ2n) is 3.91. The molecule has 2 rings (SSSR count). The van der Waals surface area contributed by atoms with Crippen molar-refractivity contribution in [2.75, 3.05) is 13.1 Å². The zero-order valence-corrected chi connectivity index (χ0v) is 10.6. The van der Waals surface area contributed by atoms with Crippen molar-refractivity contribution in [2.24, 2.45) is 5.73 Å². The van der Waals surface area contributed by atoms with E-state index in [1.54, 1.807) is 0 Å². The molecule has 5 heteroatoms. The zero-order chi connectivity index (χ0) is 9.97. The Hall–Kier alpha value is -0.350. The van der Waals surface area contributed by atoms with Gasteiger partial charge in [0, 0.05) is 25.7 Å². The van der Waals surface area contributed by atoms with E-state index < -0.39 is 0 Å². The summed E-state index contributed by atoms with van der Waals surface area (Å²) in [6, 6.07) is 6.99. The molecule has 0 saturated carbocycles. The van der Waals surface area contributed by atoms with E-state index >= 15 is 0 Å². The number of nitrogens with zero attached hydrogens (tertiary/aromatic N) is 1. The van der Waals surface area contributed by atoms with Crippen molar-refractivity contribution in [3.05, 3.63) is 35.6 Å². The number of benzene rings is 1. The number of rotatable bonds is 2. The Kier molecular flexibility index (Phi) is 6.91. The topological polar surface area (TPSA) is 29.3 Å². The van der Waals surface area contributed by atoms with Gasteiger partial charge in [0.25, 0.3) is 0 Å². The van der Waals surface area contributed by atoms with Crippen LogP contribution in [0.4, 0.5) is 4.39 Å². The van der Waals surface area contributed by atoms with Gasteiger partial charge < -0.3 is 5.73 Å². The van der Waals surface area contributed by atoms with Gasteiger partial charge in [-0.05, 0) is 24.1 Å². The third kappa shape index (κ3) is 4.26. The maximum atomic E-state index is 12.6. The Bertz CT molecular complexity index is 305. The van der Waals surface area contributed by atoms with E-state index in [2.05, 4.69) is 4.90 Å². The minimum atomic E-state index is -0.174. The Morgan fingerprint density at radius 3 is 2.38 bits per heavy atom. The van der Waals surface area contributed by atoms with Crippen molar-refractivity contribution in [2.45, 2.75) is 19.0 Å². The molecule has 1 aromatic rings. The molecular weight excluding hydrogens is 250 g/mol. The summed E-state index contributed by atoms with van der Waals surface area (Å²) in [5.74, 6) is -0.174. The van der Waals surface area contributed by atoms with Gasteiger partial charge in [-0.25, -0.2) is 4.39 Å². The van der Waals surface area contributed by atoms with E-state index in [4.69, 9.17) is 5.73 Å². The number of hydrogen-bond donors (Lipinski definition) is 1. The fourth-order valence-electron chi connectivity index (χ4n) is 1.85. The third-order valence-corrected chi connectivity index (χ3v) is 2.63. The SMILES string of the molecule is Cl.Cl.NC1CCN(Cc2ccc(F)cc2)C1. The molecule has 16 heavy (non-hydrogen) atoms. The van der Waals surface area contributed by atoms with Crippen LogP contribution in [-0.4, -0.2) is 24.0 Å². The lowest BCUT2D eigenvalue weighted by atomic mass is 10.2. The van der Waals surface area contributed by atoms with Crippen LogP contribution in [0.2, 0.25) is 0 Å². The first-order valence-electron chi connectivity index (χ1n) is 4.96. The molecule has 1 saturated heterocycles. The third-order valence-electron chi connectivity index (χ3n) is 2.63. The minimum absolute atomic E-state index is 0. The molecule has 0 aliphatic carbocycles. The molecule has 0 bridgehead atoms. The van der Waals surface area contributed by atoms with Crippen molar-refractivity contribution >= 4 is 24.8 Å². The fraction of sp³-hybridized carbons (Fsp3) is 0.455. The lowest BCUT2D eigenvalue weighted by molar-refractivity contribution is 0.327. The summed E-state index contributed by atoms with van der Waals surface area (Å²) in [5, 5.41) is 0. The van der Waals surface area contributed by atoms with E-state index in [-0.39, 0.29) is 30.6 Å². The molecule has 1 atom stereocenters. The Balaban J connectivity index is 0.00000112. The predicted molar refractivity (Wildman–Crippen MR) is 68.8 cm³/mol. The quantitative estimate of drug-likeness (QED) is 0.890.